The molecule has 0 saturated carbocycles. The van der Waals surface area contributed by atoms with Gasteiger partial charge in [0, 0.05) is 12.0 Å². The van der Waals surface area contributed by atoms with E-state index in [1.807, 2.05) is 6.08 Å². The Morgan fingerprint density at radius 2 is 2.22 bits per heavy atom. The lowest BCUT2D eigenvalue weighted by Gasteiger charge is -2.24. The summed E-state index contributed by atoms with van der Waals surface area (Å²) in [6, 6.07) is 0.665. The molecule has 0 aromatic carbocycles. The zero-order valence-corrected chi connectivity index (χ0v) is 12.3. The topological polar surface area (TPSA) is 21.3 Å². The van der Waals surface area contributed by atoms with Gasteiger partial charge in [-0.15, -0.1) is 6.58 Å². The number of nitrogens with one attached hydrogen (secondary N) is 1. The highest BCUT2D eigenvalue weighted by Gasteiger charge is 2.28. The van der Waals surface area contributed by atoms with Crippen LogP contribution in [0.2, 0.25) is 0 Å². The quantitative estimate of drug-likeness (QED) is 0.471. The average molecular weight is 253 g/mol. The van der Waals surface area contributed by atoms with E-state index in [0.29, 0.717) is 12.1 Å². The maximum atomic E-state index is 5.72. The third-order valence-corrected chi connectivity index (χ3v) is 3.88. The Morgan fingerprint density at radius 3 is 2.83 bits per heavy atom. The summed E-state index contributed by atoms with van der Waals surface area (Å²) in [7, 11) is 0. The van der Waals surface area contributed by atoms with E-state index in [0.717, 1.165) is 25.5 Å². The maximum absolute atomic E-state index is 5.72. The van der Waals surface area contributed by atoms with Crippen LogP contribution in [0.15, 0.2) is 12.7 Å². The molecule has 1 aliphatic heterocycles. The molecule has 0 aromatic heterocycles. The summed E-state index contributed by atoms with van der Waals surface area (Å²) in [5.74, 6) is 0.728. The first kappa shape index (κ1) is 15.7. The standard InChI is InChI=1S/C16H31NO/c1-4-6-7-8-9-10-16(17-11-5-2)15-12-14(3)18-13-15/h4,14-17H,1,5-13H2,2-3H3. The second kappa shape index (κ2) is 9.57. The van der Waals surface area contributed by atoms with Crippen LogP contribution < -0.4 is 5.32 Å². The zero-order valence-electron chi connectivity index (χ0n) is 12.3. The average Bonchev–Trinajstić information content (AvgIpc) is 2.79. The van der Waals surface area contributed by atoms with Crippen molar-refractivity contribution in [2.45, 2.75) is 70.9 Å². The number of ether oxygens (including phenoxy) is 1. The van der Waals surface area contributed by atoms with Crippen LogP contribution in [-0.2, 0) is 4.74 Å². The number of hydrogen-bond donors (Lipinski definition) is 1. The number of rotatable bonds is 10. The van der Waals surface area contributed by atoms with Crippen LogP contribution in [-0.4, -0.2) is 25.3 Å². The molecule has 1 saturated heterocycles. The summed E-state index contributed by atoms with van der Waals surface area (Å²) >= 11 is 0. The van der Waals surface area contributed by atoms with E-state index in [2.05, 4.69) is 25.7 Å². The first-order valence-corrected chi connectivity index (χ1v) is 7.73. The number of hydrogen-bond acceptors (Lipinski definition) is 2. The fourth-order valence-corrected chi connectivity index (χ4v) is 2.79. The van der Waals surface area contributed by atoms with E-state index in [4.69, 9.17) is 4.74 Å². The van der Waals surface area contributed by atoms with Crippen LogP contribution in [0.1, 0.15) is 58.8 Å². The molecule has 1 N–H and O–H groups in total. The van der Waals surface area contributed by atoms with E-state index < -0.39 is 0 Å². The Balaban J connectivity index is 2.24. The van der Waals surface area contributed by atoms with Crippen molar-refractivity contribution in [2.24, 2.45) is 5.92 Å². The van der Waals surface area contributed by atoms with Gasteiger partial charge < -0.3 is 10.1 Å². The minimum absolute atomic E-state index is 0.460. The fourth-order valence-electron chi connectivity index (χ4n) is 2.79. The van der Waals surface area contributed by atoms with Gasteiger partial charge in [-0.05, 0) is 45.6 Å². The van der Waals surface area contributed by atoms with Crippen LogP contribution in [0.25, 0.3) is 0 Å². The summed E-state index contributed by atoms with van der Waals surface area (Å²) in [4.78, 5) is 0. The van der Waals surface area contributed by atoms with E-state index in [9.17, 15) is 0 Å². The molecule has 1 rings (SSSR count). The molecule has 1 aliphatic rings. The third-order valence-electron chi connectivity index (χ3n) is 3.88. The molecule has 0 spiro atoms. The molecule has 0 aliphatic carbocycles. The summed E-state index contributed by atoms with van der Waals surface area (Å²) in [6.07, 6.45) is 11.4. The van der Waals surface area contributed by atoms with Gasteiger partial charge in [-0.2, -0.15) is 0 Å². The van der Waals surface area contributed by atoms with Gasteiger partial charge in [-0.25, -0.2) is 0 Å². The van der Waals surface area contributed by atoms with Gasteiger partial charge in [0.05, 0.1) is 12.7 Å². The highest BCUT2D eigenvalue weighted by atomic mass is 16.5. The van der Waals surface area contributed by atoms with Crippen molar-refractivity contribution in [3.63, 3.8) is 0 Å². The van der Waals surface area contributed by atoms with Gasteiger partial charge in [-0.3, -0.25) is 0 Å². The van der Waals surface area contributed by atoms with Crippen molar-refractivity contribution in [1.29, 1.82) is 0 Å². The number of allylic oxidation sites excluding steroid dienone is 1. The predicted molar refractivity (Wildman–Crippen MR) is 78.9 cm³/mol. The first-order valence-electron chi connectivity index (χ1n) is 7.73. The molecule has 106 valence electrons. The molecule has 2 nitrogen and oxygen atoms in total. The van der Waals surface area contributed by atoms with Crippen molar-refractivity contribution in [1.82, 2.24) is 5.32 Å². The molecular weight excluding hydrogens is 222 g/mol. The maximum Gasteiger partial charge on any atom is 0.0551 e. The van der Waals surface area contributed by atoms with Gasteiger partial charge in [-0.1, -0.05) is 25.8 Å². The Hall–Kier alpha value is -0.340. The van der Waals surface area contributed by atoms with E-state index >= 15 is 0 Å². The van der Waals surface area contributed by atoms with Gasteiger partial charge in [0.25, 0.3) is 0 Å². The molecule has 3 atom stereocenters. The van der Waals surface area contributed by atoms with E-state index in [1.165, 1.54) is 38.5 Å². The van der Waals surface area contributed by atoms with Crippen molar-refractivity contribution >= 4 is 0 Å². The minimum Gasteiger partial charge on any atom is -0.378 e. The first-order chi connectivity index (χ1) is 8.77. The normalized spacial score (nSPS) is 25.2. The van der Waals surface area contributed by atoms with Crippen molar-refractivity contribution in [2.75, 3.05) is 13.2 Å². The Kier molecular flexibility index (Phi) is 8.36. The molecule has 0 radical (unpaired) electrons. The molecular formula is C16H31NO. The van der Waals surface area contributed by atoms with Gasteiger partial charge in [0.15, 0.2) is 0 Å². The third kappa shape index (κ3) is 6.01. The minimum atomic E-state index is 0.460. The fraction of sp³-hybridized carbons (Fsp3) is 0.875. The SMILES string of the molecule is C=CCCCCCC(NCCC)C1COC(C)C1. The highest BCUT2D eigenvalue weighted by molar-refractivity contribution is 4.82. The molecule has 3 unspecified atom stereocenters. The monoisotopic (exact) mass is 253 g/mol. The summed E-state index contributed by atoms with van der Waals surface area (Å²) in [6.45, 7) is 10.3. The number of unbranched alkanes of at least 4 members (excludes halogenated alkanes) is 3. The predicted octanol–water partition coefficient (Wildman–Crippen LogP) is 3.92. The summed E-state index contributed by atoms with van der Waals surface area (Å²) in [5.41, 5.74) is 0. The second-order valence-electron chi connectivity index (χ2n) is 5.63. The lowest BCUT2D eigenvalue weighted by atomic mass is 9.92. The zero-order chi connectivity index (χ0) is 13.2. The Morgan fingerprint density at radius 1 is 1.39 bits per heavy atom. The van der Waals surface area contributed by atoms with Crippen molar-refractivity contribution < 1.29 is 4.74 Å². The van der Waals surface area contributed by atoms with Crippen LogP contribution >= 0.6 is 0 Å². The van der Waals surface area contributed by atoms with Crippen LogP contribution in [0, 0.1) is 5.92 Å². The lowest BCUT2D eigenvalue weighted by molar-refractivity contribution is 0.116. The molecule has 1 heterocycles. The highest BCUT2D eigenvalue weighted by Crippen LogP contribution is 2.25. The molecule has 18 heavy (non-hydrogen) atoms. The van der Waals surface area contributed by atoms with Crippen LogP contribution in [0.4, 0.5) is 0 Å². The van der Waals surface area contributed by atoms with Crippen molar-refractivity contribution in [3.8, 4) is 0 Å². The van der Waals surface area contributed by atoms with Gasteiger partial charge >= 0.3 is 0 Å². The van der Waals surface area contributed by atoms with Gasteiger partial charge in [0.1, 0.15) is 0 Å². The van der Waals surface area contributed by atoms with Crippen molar-refractivity contribution in [3.05, 3.63) is 12.7 Å². The molecule has 1 fully saturated rings. The second-order valence-corrected chi connectivity index (χ2v) is 5.63. The largest absolute Gasteiger partial charge is 0.378 e. The Bertz CT molecular complexity index is 217. The van der Waals surface area contributed by atoms with E-state index in [-0.39, 0.29) is 0 Å². The van der Waals surface area contributed by atoms with E-state index in [1.54, 1.807) is 0 Å². The summed E-state index contributed by atoms with van der Waals surface area (Å²) < 4.78 is 5.72. The lowest BCUT2D eigenvalue weighted by Crippen LogP contribution is -2.37. The molecule has 0 amide bonds. The van der Waals surface area contributed by atoms with Crippen LogP contribution in [0.3, 0.4) is 0 Å². The molecule has 0 bridgehead atoms. The van der Waals surface area contributed by atoms with Crippen LogP contribution in [0.5, 0.6) is 0 Å². The molecule has 2 heteroatoms. The Labute approximate surface area is 113 Å². The summed E-state index contributed by atoms with van der Waals surface area (Å²) in [5, 5.41) is 3.72. The molecule has 0 aromatic rings. The van der Waals surface area contributed by atoms with Gasteiger partial charge in [0.2, 0.25) is 0 Å². The smallest absolute Gasteiger partial charge is 0.0551 e.